The molecule has 0 spiro atoms. The molecule has 2 aromatic carbocycles. The minimum Gasteiger partial charge on any atom is -0.493 e. The molecule has 3 N–H and O–H groups in total. The Morgan fingerprint density at radius 1 is 1.00 bits per heavy atom. The second-order valence-corrected chi connectivity index (χ2v) is 5.31. The van der Waals surface area contributed by atoms with Gasteiger partial charge in [0.1, 0.15) is 11.9 Å². The zero-order valence-electron chi connectivity index (χ0n) is 15.3. The van der Waals surface area contributed by atoms with Crippen molar-refractivity contribution in [3.63, 3.8) is 0 Å². The summed E-state index contributed by atoms with van der Waals surface area (Å²) >= 11 is 0. The first-order valence-corrected chi connectivity index (χ1v) is 8.28. The van der Waals surface area contributed by atoms with Crippen LogP contribution < -0.4 is 15.2 Å². The summed E-state index contributed by atoms with van der Waals surface area (Å²) in [6, 6.07) is 9.29. The Balaban J connectivity index is 0.00000117. The third-order valence-electron chi connectivity index (χ3n) is 3.89. The van der Waals surface area contributed by atoms with Crippen molar-refractivity contribution in [3.8, 4) is 11.5 Å². The van der Waals surface area contributed by atoms with Crippen molar-refractivity contribution in [2.45, 2.75) is 20.0 Å². The number of nitrogens with two attached hydrogens (primary N) is 1. The van der Waals surface area contributed by atoms with E-state index in [1.54, 1.807) is 30.5 Å². The molecule has 0 saturated heterocycles. The van der Waals surface area contributed by atoms with Crippen LogP contribution in [-0.4, -0.2) is 24.3 Å². The van der Waals surface area contributed by atoms with Gasteiger partial charge >= 0.3 is 0 Å². The van der Waals surface area contributed by atoms with E-state index >= 15 is 0 Å². The van der Waals surface area contributed by atoms with Gasteiger partial charge in [0.2, 0.25) is 0 Å². The lowest BCUT2D eigenvalue weighted by Gasteiger charge is -2.16. The summed E-state index contributed by atoms with van der Waals surface area (Å²) in [7, 11) is 3.06. The van der Waals surface area contributed by atoms with Crippen LogP contribution in [-0.2, 0) is 0 Å². The zero-order valence-corrected chi connectivity index (χ0v) is 15.3. The van der Waals surface area contributed by atoms with Crippen LogP contribution in [0.5, 0.6) is 11.5 Å². The molecule has 1 aromatic heterocycles. The highest BCUT2D eigenvalue weighted by Gasteiger charge is 2.19. The Hall–Kier alpha value is -2.86. The van der Waals surface area contributed by atoms with E-state index < -0.39 is 11.9 Å². The molecule has 138 valence electrons. The van der Waals surface area contributed by atoms with Gasteiger partial charge < -0.3 is 20.3 Å². The molecule has 0 aliphatic rings. The summed E-state index contributed by atoms with van der Waals surface area (Å²) in [4.78, 5) is 4.28. The van der Waals surface area contributed by atoms with Crippen LogP contribution in [0.2, 0.25) is 0 Å². The summed E-state index contributed by atoms with van der Waals surface area (Å²) in [6.07, 6.45) is 0.399. The predicted molar refractivity (Wildman–Crippen MR) is 101 cm³/mol. The molecule has 3 aromatic rings. The number of rotatable bonds is 4. The molecule has 0 amide bonds. The number of nitrogen functional groups attached to an aromatic ring is 1. The highest BCUT2D eigenvalue weighted by atomic mass is 19.1. The summed E-state index contributed by atoms with van der Waals surface area (Å²) in [5.41, 5.74) is 7.14. The van der Waals surface area contributed by atoms with E-state index in [0.717, 1.165) is 0 Å². The first-order valence-electron chi connectivity index (χ1n) is 8.28. The number of hydrogen-bond donors (Lipinski definition) is 2. The normalized spacial score (nSPS) is 11.5. The number of hydrogen-bond acceptors (Lipinski definition) is 5. The Morgan fingerprint density at radius 2 is 1.65 bits per heavy atom. The van der Waals surface area contributed by atoms with Gasteiger partial charge in [0.25, 0.3) is 0 Å². The Morgan fingerprint density at radius 3 is 2.27 bits per heavy atom. The van der Waals surface area contributed by atoms with Crippen molar-refractivity contribution >= 4 is 16.6 Å². The van der Waals surface area contributed by atoms with E-state index in [9.17, 15) is 9.50 Å². The number of ether oxygens (including phenoxy) is 2. The average Bonchev–Trinajstić information content (AvgIpc) is 2.67. The van der Waals surface area contributed by atoms with Crippen LogP contribution in [0, 0.1) is 5.82 Å². The predicted octanol–water partition coefficient (Wildman–Crippen LogP) is 4.08. The van der Waals surface area contributed by atoms with E-state index in [2.05, 4.69) is 4.98 Å². The molecule has 0 radical (unpaired) electrons. The number of aliphatic hydroxyl groups excluding tert-OH is 1. The highest BCUT2D eigenvalue weighted by molar-refractivity contribution is 5.86. The summed E-state index contributed by atoms with van der Waals surface area (Å²) in [5, 5.41) is 11.3. The molecule has 26 heavy (non-hydrogen) atoms. The number of aromatic nitrogens is 1. The van der Waals surface area contributed by atoms with Gasteiger partial charge in [-0.1, -0.05) is 19.9 Å². The number of pyridine rings is 1. The van der Waals surface area contributed by atoms with E-state index in [0.29, 0.717) is 33.7 Å². The van der Waals surface area contributed by atoms with Gasteiger partial charge in [-0.15, -0.1) is 0 Å². The van der Waals surface area contributed by atoms with Crippen LogP contribution in [0.25, 0.3) is 10.9 Å². The quantitative estimate of drug-likeness (QED) is 0.687. The van der Waals surface area contributed by atoms with E-state index in [1.165, 1.54) is 26.4 Å². The number of methoxy groups -OCH3 is 2. The van der Waals surface area contributed by atoms with Gasteiger partial charge in [-0.3, -0.25) is 4.98 Å². The zero-order chi connectivity index (χ0) is 19.3. The summed E-state index contributed by atoms with van der Waals surface area (Å²) in [6.45, 7) is 4.00. The largest absolute Gasteiger partial charge is 0.493 e. The third kappa shape index (κ3) is 3.70. The lowest BCUT2D eigenvalue weighted by Crippen LogP contribution is -2.05. The molecule has 1 unspecified atom stereocenters. The number of halogens is 1. The van der Waals surface area contributed by atoms with E-state index in [-0.39, 0.29) is 5.56 Å². The van der Waals surface area contributed by atoms with Crippen molar-refractivity contribution in [2.24, 2.45) is 0 Å². The molecular weight excluding hydrogens is 335 g/mol. The van der Waals surface area contributed by atoms with Crippen LogP contribution in [0.15, 0.2) is 42.6 Å². The minimum absolute atomic E-state index is 0.145. The molecule has 1 heterocycles. The second-order valence-electron chi connectivity index (χ2n) is 5.31. The fraction of sp³-hybridized carbons (Fsp3) is 0.250. The maximum absolute atomic E-state index is 14.2. The number of aliphatic hydroxyl groups is 1. The van der Waals surface area contributed by atoms with Gasteiger partial charge in [0, 0.05) is 28.9 Å². The van der Waals surface area contributed by atoms with Crippen molar-refractivity contribution in [1.82, 2.24) is 4.98 Å². The molecule has 0 aliphatic heterocycles. The Labute approximate surface area is 152 Å². The lowest BCUT2D eigenvalue weighted by molar-refractivity contribution is 0.216. The first-order chi connectivity index (χ1) is 12.5. The molecule has 6 heteroatoms. The van der Waals surface area contributed by atoms with Crippen LogP contribution in [0.1, 0.15) is 31.1 Å². The fourth-order valence-electron chi connectivity index (χ4n) is 2.67. The number of fused-ring (bicyclic) bond motifs is 1. The maximum Gasteiger partial charge on any atom is 0.162 e. The second kappa shape index (κ2) is 8.49. The van der Waals surface area contributed by atoms with Crippen LogP contribution in [0.3, 0.4) is 0 Å². The molecule has 3 rings (SSSR count). The molecule has 0 bridgehead atoms. The molecule has 0 aliphatic carbocycles. The molecule has 0 saturated carbocycles. The van der Waals surface area contributed by atoms with Crippen LogP contribution in [0.4, 0.5) is 10.1 Å². The topological polar surface area (TPSA) is 77.6 Å². The molecule has 1 atom stereocenters. The van der Waals surface area contributed by atoms with Gasteiger partial charge in [-0.25, -0.2) is 4.39 Å². The van der Waals surface area contributed by atoms with Crippen molar-refractivity contribution in [3.05, 3.63) is 59.5 Å². The van der Waals surface area contributed by atoms with Gasteiger partial charge in [0.05, 0.1) is 19.7 Å². The van der Waals surface area contributed by atoms with Gasteiger partial charge in [0.15, 0.2) is 11.5 Å². The van der Waals surface area contributed by atoms with Crippen LogP contribution >= 0.6 is 0 Å². The molecule has 0 fully saturated rings. The van der Waals surface area contributed by atoms with Gasteiger partial charge in [-0.05, 0) is 29.8 Å². The fourth-order valence-corrected chi connectivity index (χ4v) is 2.67. The lowest BCUT2D eigenvalue weighted by atomic mass is 9.97. The number of anilines is 1. The maximum atomic E-state index is 14.2. The summed E-state index contributed by atoms with van der Waals surface area (Å²) < 4.78 is 24.7. The highest BCUT2D eigenvalue weighted by Crippen LogP contribution is 2.36. The van der Waals surface area contributed by atoms with Gasteiger partial charge in [-0.2, -0.15) is 0 Å². The summed E-state index contributed by atoms with van der Waals surface area (Å²) in [5.74, 6) is 0.472. The molecular formula is C20H23FN2O3. The smallest absolute Gasteiger partial charge is 0.162 e. The Bertz CT molecular complexity index is 900. The number of nitrogens with zero attached hydrogens (tertiary/aromatic N) is 1. The standard InChI is InChI=1S/C18H17FN2O3.C2H6/c1-23-16-8-13-11(5-6-21-15(13)9-17(16)24-2)18(22)12-4-3-10(20)7-14(12)19;1-2/h3-9,18,22H,20H2,1-2H3;1-2H3. The monoisotopic (exact) mass is 358 g/mol. The SMILES string of the molecule is CC.COc1cc2nccc(C(O)c3ccc(N)cc3F)c2cc1OC. The Kier molecular flexibility index (Phi) is 6.36. The average molecular weight is 358 g/mol. The van der Waals surface area contributed by atoms with E-state index in [1.807, 2.05) is 13.8 Å². The first kappa shape index (κ1) is 19.5. The molecule has 5 nitrogen and oxygen atoms in total. The third-order valence-corrected chi connectivity index (χ3v) is 3.89. The van der Waals surface area contributed by atoms with Crippen molar-refractivity contribution < 1.29 is 19.0 Å². The minimum atomic E-state index is -1.16. The van der Waals surface area contributed by atoms with Crippen molar-refractivity contribution in [1.29, 1.82) is 0 Å². The van der Waals surface area contributed by atoms with E-state index in [4.69, 9.17) is 15.2 Å². The number of benzene rings is 2. The van der Waals surface area contributed by atoms with Crippen molar-refractivity contribution in [2.75, 3.05) is 20.0 Å².